The summed E-state index contributed by atoms with van der Waals surface area (Å²) in [4.78, 5) is 10.7. The topological polar surface area (TPSA) is 35.5 Å². The number of hydrogen-bond donors (Lipinski definition) is 0. The molecule has 0 aromatic rings. The van der Waals surface area contributed by atoms with Gasteiger partial charge in [0.15, 0.2) is 0 Å². The van der Waals surface area contributed by atoms with E-state index in [1.807, 2.05) is 6.92 Å². The average molecular weight is 186 g/mol. The van der Waals surface area contributed by atoms with Gasteiger partial charge in [-0.1, -0.05) is 19.9 Å². The monoisotopic (exact) mass is 186 g/mol. The lowest BCUT2D eigenvalue weighted by atomic mass is 10.2. The molecule has 0 radical (unpaired) electrons. The van der Waals surface area contributed by atoms with Crippen LogP contribution in [0.3, 0.4) is 0 Å². The van der Waals surface area contributed by atoms with Gasteiger partial charge in [-0.15, -0.1) is 0 Å². The normalized spacial score (nSPS) is 12.2. The van der Waals surface area contributed by atoms with Crippen LogP contribution in [-0.4, -0.2) is 25.3 Å². The van der Waals surface area contributed by atoms with Crippen molar-refractivity contribution in [2.75, 3.05) is 13.2 Å². The van der Waals surface area contributed by atoms with Crippen molar-refractivity contribution in [3.63, 3.8) is 0 Å². The van der Waals surface area contributed by atoms with E-state index in [4.69, 9.17) is 9.47 Å². The largest absolute Gasteiger partial charge is 0.460 e. The number of rotatable bonds is 7. The molecule has 0 aliphatic heterocycles. The summed E-state index contributed by atoms with van der Waals surface area (Å²) < 4.78 is 10.2. The molecular formula is C10H18O3. The highest BCUT2D eigenvalue weighted by Crippen LogP contribution is 2.02. The van der Waals surface area contributed by atoms with E-state index >= 15 is 0 Å². The first kappa shape index (κ1) is 12.2. The standard InChI is InChI=1S/C10H18O3/c1-4-7-9(12-6-3)8-13-10(11)5-2/h5,9H,2,4,6-8H2,1,3H3. The predicted molar refractivity (Wildman–Crippen MR) is 51.5 cm³/mol. The molecule has 0 saturated carbocycles. The molecule has 0 rings (SSSR count). The van der Waals surface area contributed by atoms with Crippen LogP contribution in [0.1, 0.15) is 26.7 Å². The summed E-state index contributed by atoms with van der Waals surface area (Å²) in [6, 6.07) is 0. The Morgan fingerprint density at radius 2 is 2.23 bits per heavy atom. The molecule has 0 fully saturated rings. The van der Waals surface area contributed by atoms with Gasteiger partial charge in [-0.2, -0.15) is 0 Å². The van der Waals surface area contributed by atoms with Crippen molar-refractivity contribution in [3.8, 4) is 0 Å². The molecular weight excluding hydrogens is 168 g/mol. The highest BCUT2D eigenvalue weighted by atomic mass is 16.6. The predicted octanol–water partition coefficient (Wildman–Crippen LogP) is 1.92. The molecule has 0 amide bonds. The third-order valence-electron chi connectivity index (χ3n) is 1.59. The van der Waals surface area contributed by atoms with E-state index in [0.29, 0.717) is 13.2 Å². The van der Waals surface area contributed by atoms with Crippen LogP contribution in [0, 0.1) is 0 Å². The lowest BCUT2D eigenvalue weighted by molar-refractivity contribution is -0.142. The molecule has 0 N–H and O–H groups in total. The maximum atomic E-state index is 10.7. The van der Waals surface area contributed by atoms with Crippen LogP contribution in [-0.2, 0) is 14.3 Å². The van der Waals surface area contributed by atoms with Gasteiger partial charge in [-0.25, -0.2) is 4.79 Å². The lowest BCUT2D eigenvalue weighted by Gasteiger charge is -2.15. The summed E-state index contributed by atoms with van der Waals surface area (Å²) in [5.74, 6) is -0.388. The number of esters is 1. The van der Waals surface area contributed by atoms with E-state index in [2.05, 4.69) is 13.5 Å². The minimum absolute atomic E-state index is 0.0268. The average Bonchev–Trinajstić information content (AvgIpc) is 2.14. The third-order valence-corrected chi connectivity index (χ3v) is 1.59. The Kier molecular flexibility index (Phi) is 7.30. The summed E-state index contributed by atoms with van der Waals surface area (Å²) in [5.41, 5.74) is 0. The number of carbonyl (C=O) groups excluding carboxylic acids is 1. The molecule has 1 atom stereocenters. The van der Waals surface area contributed by atoms with E-state index in [1.165, 1.54) is 0 Å². The minimum Gasteiger partial charge on any atom is -0.460 e. The van der Waals surface area contributed by atoms with Crippen molar-refractivity contribution in [1.82, 2.24) is 0 Å². The van der Waals surface area contributed by atoms with E-state index in [0.717, 1.165) is 18.9 Å². The van der Waals surface area contributed by atoms with E-state index in [-0.39, 0.29) is 12.1 Å². The molecule has 3 nitrogen and oxygen atoms in total. The van der Waals surface area contributed by atoms with Gasteiger partial charge in [0.25, 0.3) is 0 Å². The molecule has 13 heavy (non-hydrogen) atoms. The second-order valence-electron chi connectivity index (χ2n) is 2.70. The van der Waals surface area contributed by atoms with Gasteiger partial charge in [0, 0.05) is 12.7 Å². The third kappa shape index (κ3) is 6.34. The van der Waals surface area contributed by atoms with Crippen molar-refractivity contribution in [2.45, 2.75) is 32.8 Å². The number of hydrogen-bond acceptors (Lipinski definition) is 3. The molecule has 0 aliphatic rings. The Morgan fingerprint density at radius 1 is 1.54 bits per heavy atom. The smallest absolute Gasteiger partial charge is 0.330 e. The van der Waals surface area contributed by atoms with E-state index in [1.54, 1.807) is 0 Å². The SMILES string of the molecule is C=CC(=O)OCC(CCC)OCC. The number of ether oxygens (including phenoxy) is 2. The summed E-state index contributed by atoms with van der Waals surface area (Å²) in [7, 11) is 0. The molecule has 0 aromatic carbocycles. The zero-order valence-corrected chi connectivity index (χ0v) is 8.41. The Hall–Kier alpha value is -0.830. The second-order valence-corrected chi connectivity index (χ2v) is 2.70. The molecule has 0 spiro atoms. The van der Waals surface area contributed by atoms with Gasteiger partial charge in [0.1, 0.15) is 6.61 Å². The maximum absolute atomic E-state index is 10.7. The molecule has 1 unspecified atom stereocenters. The Bertz CT molecular complexity index is 148. The maximum Gasteiger partial charge on any atom is 0.330 e. The van der Waals surface area contributed by atoms with E-state index < -0.39 is 0 Å². The molecule has 0 aliphatic carbocycles. The van der Waals surface area contributed by atoms with Crippen LogP contribution < -0.4 is 0 Å². The molecule has 76 valence electrons. The fourth-order valence-corrected chi connectivity index (χ4v) is 1.01. The fraction of sp³-hybridized carbons (Fsp3) is 0.700. The lowest BCUT2D eigenvalue weighted by Crippen LogP contribution is -2.21. The van der Waals surface area contributed by atoms with E-state index in [9.17, 15) is 4.79 Å². The first-order valence-electron chi connectivity index (χ1n) is 4.65. The van der Waals surface area contributed by atoms with Crippen LogP contribution in [0.4, 0.5) is 0 Å². The molecule has 0 heterocycles. The highest BCUT2D eigenvalue weighted by molar-refractivity contribution is 5.81. The quantitative estimate of drug-likeness (QED) is 0.450. The first-order chi connectivity index (χ1) is 6.24. The number of carbonyl (C=O) groups is 1. The second kappa shape index (κ2) is 7.80. The zero-order valence-electron chi connectivity index (χ0n) is 8.41. The molecule has 0 aromatic heterocycles. The van der Waals surface area contributed by atoms with Gasteiger partial charge in [0.05, 0.1) is 6.10 Å². The van der Waals surface area contributed by atoms with Gasteiger partial charge in [-0.05, 0) is 13.3 Å². The van der Waals surface area contributed by atoms with Crippen molar-refractivity contribution in [3.05, 3.63) is 12.7 Å². The van der Waals surface area contributed by atoms with Crippen LogP contribution >= 0.6 is 0 Å². The van der Waals surface area contributed by atoms with Crippen LogP contribution in [0.25, 0.3) is 0 Å². The van der Waals surface area contributed by atoms with Gasteiger partial charge in [0.2, 0.25) is 0 Å². The Balaban J connectivity index is 3.67. The van der Waals surface area contributed by atoms with Gasteiger partial charge < -0.3 is 9.47 Å². The van der Waals surface area contributed by atoms with Crippen molar-refractivity contribution >= 4 is 5.97 Å². The van der Waals surface area contributed by atoms with Crippen molar-refractivity contribution in [2.24, 2.45) is 0 Å². The Labute approximate surface area is 79.7 Å². The minimum atomic E-state index is -0.388. The molecule has 3 heteroatoms. The van der Waals surface area contributed by atoms with Crippen LogP contribution in [0.5, 0.6) is 0 Å². The first-order valence-corrected chi connectivity index (χ1v) is 4.65. The Morgan fingerprint density at radius 3 is 2.69 bits per heavy atom. The highest BCUT2D eigenvalue weighted by Gasteiger charge is 2.08. The summed E-state index contributed by atoms with van der Waals surface area (Å²) >= 11 is 0. The summed E-state index contributed by atoms with van der Waals surface area (Å²) in [6.45, 7) is 8.29. The van der Waals surface area contributed by atoms with Crippen molar-refractivity contribution < 1.29 is 14.3 Å². The van der Waals surface area contributed by atoms with Gasteiger partial charge in [-0.3, -0.25) is 0 Å². The summed E-state index contributed by atoms with van der Waals surface area (Å²) in [6.07, 6.45) is 3.13. The van der Waals surface area contributed by atoms with Crippen molar-refractivity contribution in [1.29, 1.82) is 0 Å². The summed E-state index contributed by atoms with van der Waals surface area (Å²) in [5, 5.41) is 0. The van der Waals surface area contributed by atoms with Crippen LogP contribution in [0.2, 0.25) is 0 Å². The molecule has 0 bridgehead atoms. The fourth-order valence-electron chi connectivity index (χ4n) is 1.01. The zero-order chi connectivity index (χ0) is 10.1. The van der Waals surface area contributed by atoms with Gasteiger partial charge >= 0.3 is 5.97 Å². The van der Waals surface area contributed by atoms with Crippen LogP contribution in [0.15, 0.2) is 12.7 Å². The molecule has 0 saturated heterocycles.